The molecular formula is C14H27NO2. The Bertz CT molecular complexity index is 289. The molecule has 1 rings (SSSR count). The highest BCUT2D eigenvalue weighted by Gasteiger charge is 2.45. The Morgan fingerprint density at radius 1 is 1.35 bits per heavy atom. The summed E-state index contributed by atoms with van der Waals surface area (Å²) < 4.78 is 5.52. The van der Waals surface area contributed by atoms with Gasteiger partial charge in [0.1, 0.15) is 5.60 Å². The molecule has 0 aromatic rings. The zero-order chi connectivity index (χ0) is 13.4. The van der Waals surface area contributed by atoms with Crippen LogP contribution in [0.5, 0.6) is 0 Å². The van der Waals surface area contributed by atoms with Crippen molar-refractivity contribution in [3.05, 3.63) is 0 Å². The largest absolute Gasteiger partial charge is 0.444 e. The molecular weight excluding hydrogens is 214 g/mol. The molecule has 0 N–H and O–H groups in total. The van der Waals surface area contributed by atoms with Gasteiger partial charge in [-0.25, -0.2) is 4.79 Å². The van der Waals surface area contributed by atoms with E-state index in [1.165, 1.54) is 0 Å². The fraction of sp³-hybridized carbons (Fsp3) is 0.929. The second-order valence-corrected chi connectivity index (χ2v) is 7.01. The van der Waals surface area contributed by atoms with Crippen LogP contribution in [-0.2, 0) is 4.74 Å². The van der Waals surface area contributed by atoms with Crippen LogP contribution in [0.15, 0.2) is 0 Å². The summed E-state index contributed by atoms with van der Waals surface area (Å²) in [6.07, 6.45) is 1.96. The third kappa shape index (κ3) is 3.36. The van der Waals surface area contributed by atoms with Gasteiger partial charge in [0.05, 0.1) is 0 Å². The first kappa shape index (κ1) is 14.3. The van der Waals surface area contributed by atoms with Crippen LogP contribution in [0.1, 0.15) is 61.3 Å². The molecule has 0 aliphatic carbocycles. The van der Waals surface area contributed by atoms with Gasteiger partial charge in [-0.3, -0.25) is 4.90 Å². The van der Waals surface area contributed by atoms with Crippen LogP contribution in [0.2, 0.25) is 0 Å². The van der Waals surface area contributed by atoms with E-state index in [1.54, 1.807) is 0 Å². The Kier molecular flexibility index (Phi) is 3.80. The van der Waals surface area contributed by atoms with Crippen molar-refractivity contribution in [2.75, 3.05) is 0 Å². The van der Waals surface area contributed by atoms with Gasteiger partial charge in [-0.05, 0) is 53.4 Å². The Morgan fingerprint density at radius 3 is 2.29 bits per heavy atom. The number of nitrogens with zero attached hydrogens (tertiary/aromatic N) is 1. The minimum atomic E-state index is -0.419. The van der Waals surface area contributed by atoms with E-state index in [0.717, 1.165) is 12.8 Å². The molecule has 3 nitrogen and oxygen atoms in total. The van der Waals surface area contributed by atoms with Crippen LogP contribution >= 0.6 is 0 Å². The molecule has 0 saturated carbocycles. The van der Waals surface area contributed by atoms with Crippen molar-refractivity contribution in [2.24, 2.45) is 5.92 Å². The van der Waals surface area contributed by atoms with Crippen LogP contribution < -0.4 is 0 Å². The summed E-state index contributed by atoms with van der Waals surface area (Å²) in [5.74, 6) is 0.476. The zero-order valence-corrected chi connectivity index (χ0v) is 12.3. The first-order chi connectivity index (χ1) is 7.54. The predicted molar refractivity (Wildman–Crippen MR) is 70.0 cm³/mol. The van der Waals surface area contributed by atoms with Gasteiger partial charge in [-0.1, -0.05) is 13.8 Å². The minimum absolute atomic E-state index is 0.0860. The molecule has 1 heterocycles. The van der Waals surface area contributed by atoms with Crippen LogP contribution in [0.3, 0.4) is 0 Å². The Hall–Kier alpha value is -0.730. The molecule has 1 aliphatic rings. The summed E-state index contributed by atoms with van der Waals surface area (Å²) in [5.41, 5.74) is -0.505. The van der Waals surface area contributed by atoms with Gasteiger partial charge in [-0.15, -0.1) is 0 Å². The zero-order valence-electron chi connectivity index (χ0n) is 12.3. The van der Waals surface area contributed by atoms with Crippen molar-refractivity contribution in [2.45, 2.75) is 78.5 Å². The van der Waals surface area contributed by atoms with Crippen molar-refractivity contribution >= 4 is 6.09 Å². The normalized spacial score (nSPS) is 24.2. The number of hydrogen-bond donors (Lipinski definition) is 0. The summed E-state index contributed by atoms with van der Waals surface area (Å²) >= 11 is 0. The van der Waals surface area contributed by atoms with Crippen LogP contribution in [-0.4, -0.2) is 28.2 Å². The van der Waals surface area contributed by atoms with Gasteiger partial charge in [-0.2, -0.15) is 0 Å². The smallest absolute Gasteiger partial charge is 0.410 e. The average molecular weight is 241 g/mol. The maximum Gasteiger partial charge on any atom is 0.410 e. The maximum absolute atomic E-state index is 12.3. The number of carbonyl (C=O) groups is 1. The molecule has 0 aromatic heterocycles. The quantitative estimate of drug-likeness (QED) is 0.698. The molecule has 1 saturated heterocycles. The lowest BCUT2D eigenvalue weighted by molar-refractivity contribution is -0.000923. The number of ether oxygens (including phenoxy) is 1. The molecule has 0 bridgehead atoms. The lowest BCUT2D eigenvalue weighted by Crippen LogP contribution is -2.50. The number of rotatable bonds is 1. The highest BCUT2D eigenvalue weighted by molar-refractivity contribution is 5.70. The maximum atomic E-state index is 12.3. The van der Waals surface area contributed by atoms with Crippen molar-refractivity contribution in [3.63, 3.8) is 0 Å². The van der Waals surface area contributed by atoms with E-state index in [9.17, 15) is 4.79 Å². The van der Waals surface area contributed by atoms with Gasteiger partial charge in [0.15, 0.2) is 0 Å². The number of amides is 1. The SMILES string of the molecule is CC(C)C1CCC(C)(C)N1C(=O)OC(C)(C)C. The van der Waals surface area contributed by atoms with Crippen LogP contribution in [0.4, 0.5) is 4.79 Å². The summed E-state index contributed by atoms with van der Waals surface area (Å²) in [7, 11) is 0. The first-order valence-corrected chi connectivity index (χ1v) is 6.57. The lowest BCUT2D eigenvalue weighted by Gasteiger charge is -2.38. The Balaban J connectivity index is 2.87. The van der Waals surface area contributed by atoms with E-state index in [-0.39, 0.29) is 11.6 Å². The number of likely N-dealkylation sites (tertiary alicyclic amines) is 1. The monoisotopic (exact) mass is 241 g/mol. The van der Waals surface area contributed by atoms with Gasteiger partial charge in [0.2, 0.25) is 0 Å². The highest BCUT2D eigenvalue weighted by Crippen LogP contribution is 2.37. The molecule has 17 heavy (non-hydrogen) atoms. The summed E-state index contributed by atoms with van der Waals surface area (Å²) in [4.78, 5) is 14.2. The molecule has 1 amide bonds. The third-order valence-electron chi connectivity index (χ3n) is 3.40. The molecule has 1 unspecified atom stereocenters. The fourth-order valence-electron chi connectivity index (χ4n) is 2.52. The summed E-state index contributed by atoms with van der Waals surface area (Å²) in [6, 6.07) is 0.305. The number of hydrogen-bond acceptors (Lipinski definition) is 2. The molecule has 3 heteroatoms. The molecule has 1 aliphatic heterocycles. The van der Waals surface area contributed by atoms with Crippen molar-refractivity contribution in [1.29, 1.82) is 0 Å². The van der Waals surface area contributed by atoms with Gasteiger partial charge < -0.3 is 4.74 Å². The molecule has 0 aromatic carbocycles. The Labute approximate surface area is 106 Å². The van der Waals surface area contributed by atoms with E-state index in [0.29, 0.717) is 12.0 Å². The molecule has 1 atom stereocenters. The van der Waals surface area contributed by atoms with Crippen molar-refractivity contribution < 1.29 is 9.53 Å². The topological polar surface area (TPSA) is 29.5 Å². The second kappa shape index (κ2) is 4.51. The summed E-state index contributed by atoms with van der Waals surface area (Å²) in [6.45, 7) is 14.3. The predicted octanol–water partition coefficient (Wildman–Crippen LogP) is 3.82. The van der Waals surface area contributed by atoms with E-state index >= 15 is 0 Å². The van der Waals surface area contributed by atoms with Crippen molar-refractivity contribution in [1.82, 2.24) is 4.90 Å². The standard InChI is InChI=1S/C14H27NO2/c1-10(2)11-8-9-14(6,7)15(11)12(16)17-13(3,4)5/h10-11H,8-9H2,1-7H3. The first-order valence-electron chi connectivity index (χ1n) is 6.57. The van der Waals surface area contributed by atoms with Gasteiger partial charge in [0.25, 0.3) is 0 Å². The molecule has 100 valence electrons. The number of carbonyl (C=O) groups excluding carboxylic acids is 1. The molecule has 1 fully saturated rings. The second-order valence-electron chi connectivity index (χ2n) is 7.01. The highest BCUT2D eigenvalue weighted by atomic mass is 16.6. The van der Waals surface area contributed by atoms with E-state index in [1.807, 2.05) is 25.7 Å². The average Bonchev–Trinajstić information content (AvgIpc) is 2.37. The van der Waals surface area contributed by atoms with Crippen molar-refractivity contribution in [3.8, 4) is 0 Å². The van der Waals surface area contributed by atoms with Gasteiger partial charge in [0, 0.05) is 11.6 Å². The fourth-order valence-corrected chi connectivity index (χ4v) is 2.52. The van der Waals surface area contributed by atoms with E-state index < -0.39 is 5.60 Å². The van der Waals surface area contributed by atoms with Crippen LogP contribution in [0.25, 0.3) is 0 Å². The molecule has 0 spiro atoms. The molecule has 0 radical (unpaired) electrons. The minimum Gasteiger partial charge on any atom is -0.444 e. The van der Waals surface area contributed by atoms with E-state index in [2.05, 4.69) is 27.7 Å². The van der Waals surface area contributed by atoms with Gasteiger partial charge >= 0.3 is 6.09 Å². The van der Waals surface area contributed by atoms with Crippen LogP contribution in [0, 0.1) is 5.92 Å². The van der Waals surface area contributed by atoms with E-state index in [4.69, 9.17) is 4.74 Å². The lowest BCUT2D eigenvalue weighted by atomic mass is 10.0. The summed E-state index contributed by atoms with van der Waals surface area (Å²) in [5, 5.41) is 0. The third-order valence-corrected chi connectivity index (χ3v) is 3.40. The Morgan fingerprint density at radius 2 is 1.88 bits per heavy atom.